The lowest BCUT2D eigenvalue weighted by Crippen LogP contribution is -2.30. The number of carbonyl (C=O) groups excluding carboxylic acids is 3. The fraction of sp³-hybridized carbons (Fsp3) is 0.563. The summed E-state index contributed by atoms with van der Waals surface area (Å²) in [7, 11) is 0. The Kier molecular flexibility index (Phi) is 59.0. The second-order valence-corrected chi connectivity index (χ2v) is 19.5. The van der Waals surface area contributed by atoms with Crippen molar-refractivity contribution in [2.45, 2.75) is 245 Å². The van der Waals surface area contributed by atoms with E-state index in [0.29, 0.717) is 19.3 Å². The third-order valence-electron chi connectivity index (χ3n) is 12.2. The molecule has 1 atom stereocenters. The Bertz CT molecular complexity index is 1790. The van der Waals surface area contributed by atoms with Crippen LogP contribution in [0.5, 0.6) is 0 Å². The second kappa shape index (κ2) is 63.3. The van der Waals surface area contributed by atoms with Gasteiger partial charge in [0.1, 0.15) is 13.2 Å². The molecule has 0 bridgehead atoms. The number of hydrogen-bond donors (Lipinski definition) is 0. The van der Waals surface area contributed by atoms with E-state index in [0.717, 1.165) is 167 Å². The van der Waals surface area contributed by atoms with Crippen molar-refractivity contribution in [3.8, 4) is 0 Å². The Morgan fingerprint density at radius 2 is 0.468 bits per heavy atom. The first-order chi connectivity index (χ1) is 38.0. The average Bonchev–Trinajstić information content (AvgIpc) is 3.43. The summed E-state index contributed by atoms with van der Waals surface area (Å²) in [5, 5.41) is 0. The van der Waals surface area contributed by atoms with Crippen LogP contribution in [0.2, 0.25) is 0 Å². The van der Waals surface area contributed by atoms with Crippen LogP contribution in [-0.2, 0) is 28.6 Å². The van der Waals surface area contributed by atoms with Crippen molar-refractivity contribution in [3.63, 3.8) is 0 Å². The van der Waals surface area contributed by atoms with Crippen LogP contribution >= 0.6 is 0 Å². The molecule has 6 heteroatoms. The Morgan fingerprint density at radius 3 is 0.753 bits per heavy atom. The van der Waals surface area contributed by atoms with E-state index in [1.807, 2.05) is 0 Å². The summed E-state index contributed by atoms with van der Waals surface area (Å²) in [4.78, 5) is 38.3. The lowest BCUT2D eigenvalue weighted by Gasteiger charge is -2.18. The van der Waals surface area contributed by atoms with Crippen LogP contribution in [0.1, 0.15) is 239 Å². The first-order valence-electron chi connectivity index (χ1n) is 30.6. The van der Waals surface area contributed by atoms with Crippen LogP contribution in [-0.4, -0.2) is 37.2 Å². The minimum absolute atomic E-state index is 0.116. The molecule has 0 aromatic carbocycles. The minimum Gasteiger partial charge on any atom is -0.462 e. The van der Waals surface area contributed by atoms with Gasteiger partial charge < -0.3 is 14.2 Å². The molecule has 0 aliphatic rings. The van der Waals surface area contributed by atoms with Crippen molar-refractivity contribution >= 4 is 17.9 Å². The molecule has 0 rings (SSSR count). The summed E-state index contributed by atoms with van der Waals surface area (Å²) in [6.07, 6.45) is 93.5. The Labute approximate surface area is 472 Å². The summed E-state index contributed by atoms with van der Waals surface area (Å²) < 4.78 is 16.8. The molecule has 0 saturated heterocycles. The molecular formula is C71H110O6. The number of unbranched alkanes of at least 4 members (excludes halogenated alkanes) is 14. The van der Waals surface area contributed by atoms with Crippen molar-refractivity contribution in [2.75, 3.05) is 13.2 Å². The van der Waals surface area contributed by atoms with E-state index in [1.165, 1.54) is 25.7 Å². The lowest BCUT2D eigenvalue weighted by atomic mass is 10.1. The van der Waals surface area contributed by atoms with Gasteiger partial charge in [-0.15, -0.1) is 0 Å². The van der Waals surface area contributed by atoms with Crippen LogP contribution in [0.3, 0.4) is 0 Å². The van der Waals surface area contributed by atoms with Gasteiger partial charge in [-0.05, 0) is 148 Å². The summed E-state index contributed by atoms with van der Waals surface area (Å²) in [6.45, 7) is 6.23. The quantitative estimate of drug-likeness (QED) is 0.0261. The topological polar surface area (TPSA) is 78.9 Å². The highest BCUT2D eigenvalue weighted by Crippen LogP contribution is 2.13. The number of ether oxygens (including phenoxy) is 3. The number of esters is 3. The molecule has 0 saturated carbocycles. The highest BCUT2D eigenvalue weighted by Gasteiger charge is 2.19. The minimum atomic E-state index is -0.824. The normalized spacial score (nSPS) is 13.3. The molecule has 0 heterocycles. The first kappa shape index (κ1) is 71.8. The number of carbonyl (C=O) groups is 3. The number of hydrogen-bond acceptors (Lipinski definition) is 6. The molecule has 6 nitrogen and oxygen atoms in total. The molecule has 1 unspecified atom stereocenters. The van der Waals surface area contributed by atoms with Crippen molar-refractivity contribution < 1.29 is 28.6 Å². The van der Waals surface area contributed by atoms with Gasteiger partial charge in [-0.2, -0.15) is 0 Å². The SMILES string of the molecule is CC/C=C\C/C=C\C/C=C\C/C=C\C/C=C\C/C=C\CCCCC(=O)OC(COC(=O)CCCCCCC/C=C\C/C=C\C/C=C\CC)COC(=O)CCCCCCCCC/C=C\C/C=C\C/C=C\C/C=C\C/C=C\CC. The molecule has 0 aliphatic carbocycles. The zero-order valence-corrected chi connectivity index (χ0v) is 49.1. The first-order valence-corrected chi connectivity index (χ1v) is 30.6. The second-order valence-electron chi connectivity index (χ2n) is 19.5. The van der Waals surface area contributed by atoms with E-state index in [-0.39, 0.29) is 37.5 Å². The van der Waals surface area contributed by atoms with Gasteiger partial charge in [0, 0.05) is 19.3 Å². The Balaban J connectivity index is 4.53. The van der Waals surface area contributed by atoms with E-state index in [9.17, 15) is 14.4 Å². The highest BCUT2D eigenvalue weighted by atomic mass is 16.6. The Hall–Kier alpha value is -5.23. The molecule has 77 heavy (non-hydrogen) atoms. The Morgan fingerprint density at radius 1 is 0.260 bits per heavy atom. The molecule has 430 valence electrons. The van der Waals surface area contributed by atoms with Crippen molar-refractivity contribution in [1.29, 1.82) is 0 Å². The van der Waals surface area contributed by atoms with Crippen LogP contribution in [0, 0.1) is 0 Å². The molecule has 0 spiro atoms. The van der Waals surface area contributed by atoms with E-state index in [4.69, 9.17) is 14.2 Å². The standard InChI is InChI=1S/C71H110O6/c1-4-7-10-13-16-19-22-25-28-30-32-34-35-37-38-40-43-46-49-52-55-58-61-64-70(73)76-67-68(66-75-69(72)63-60-57-54-51-48-45-42-27-24-21-18-15-12-9-6-3)77-71(74)65-62-59-56-53-50-47-44-41-39-36-33-31-29-26-23-20-17-14-11-8-5-2/h7-12,16-21,25-29,32-34,36-38,41-42,44,50,53,68H,4-6,13-15,22-24,30-31,35,39-40,43,45-49,51-52,54-67H2,1-3H3/b10-7-,11-8-,12-9-,19-16-,20-17-,21-18-,28-25-,29-26-,34-32-,36-33-,38-37-,42-27-,44-41-,53-50-. The van der Waals surface area contributed by atoms with E-state index in [1.54, 1.807) is 0 Å². The molecule has 0 amide bonds. The molecule has 0 aromatic heterocycles. The lowest BCUT2D eigenvalue weighted by molar-refractivity contribution is -0.167. The van der Waals surface area contributed by atoms with Crippen LogP contribution in [0.25, 0.3) is 0 Å². The number of rotatable bonds is 53. The van der Waals surface area contributed by atoms with Gasteiger partial charge in [0.15, 0.2) is 6.10 Å². The smallest absolute Gasteiger partial charge is 0.306 e. The van der Waals surface area contributed by atoms with Crippen LogP contribution in [0.4, 0.5) is 0 Å². The summed E-state index contributed by atoms with van der Waals surface area (Å²) in [5.41, 5.74) is 0. The predicted molar refractivity (Wildman–Crippen MR) is 334 cm³/mol. The van der Waals surface area contributed by atoms with Gasteiger partial charge in [0.2, 0.25) is 0 Å². The molecule has 0 radical (unpaired) electrons. The molecule has 0 fully saturated rings. The van der Waals surface area contributed by atoms with Gasteiger partial charge in [-0.25, -0.2) is 0 Å². The molecule has 0 aliphatic heterocycles. The van der Waals surface area contributed by atoms with Gasteiger partial charge in [-0.3, -0.25) is 14.4 Å². The maximum Gasteiger partial charge on any atom is 0.306 e. The zero-order valence-electron chi connectivity index (χ0n) is 49.1. The molecule has 0 aromatic rings. The largest absolute Gasteiger partial charge is 0.462 e. The monoisotopic (exact) mass is 1060 g/mol. The summed E-state index contributed by atoms with van der Waals surface area (Å²) >= 11 is 0. The van der Waals surface area contributed by atoms with E-state index in [2.05, 4.69) is 191 Å². The zero-order chi connectivity index (χ0) is 55.7. The van der Waals surface area contributed by atoms with Crippen molar-refractivity contribution in [3.05, 3.63) is 170 Å². The van der Waals surface area contributed by atoms with Crippen molar-refractivity contribution in [1.82, 2.24) is 0 Å². The maximum absolute atomic E-state index is 12.9. The third-order valence-corrected chi connectivity index (χ3v) is 12.2. The van der Waals surface area contributed by atoms with Gasteiger partial charge in [0.25, 0.3) is 0 Å². The molecular weight excluding hydrogens is 949 g/mol. The average molecular weight is 1060 g/mol. The van der Waals surface area contributed by atoms with Gasteiger partial charge in [0.05, 0.1) is 0 Å². The van der Waals surface area contributed by atoms with E-state index >= 15 is 0 Å². The number of allylic oxidation sites excluding steroid dienone is 28. The third kappa shape index (κ3) is 61.5. The predicted octanol–water partition coefficient (Wildman–Crippen LogP) is 21.1. The fourth-order valence-electron chi connectivity index (χ4n) is 7.72. The van der Waals surface area contributed by atoms with Gasteiger partial charge in [-0.1, -0.05) is 242 Å². The summed E-state index contributed by atoms with van der Waals surface area (Å²) in [5.74, 6) is -0.994. The highest BCUT2D eigenvalue weighted by molar-refractivity contribution is 5.71. The summed E-state index contributed by atoms with van der Waals surface area (Å²) in [6, 6.07) is 0. The maximum atomic E-state index is 12.9. The van der Waals surface area contributed by atoms with Gasteiger partial charge >= 0.3 is 17.9 Å². The molecule has 0 N–H and O–H groups in total. The fourth-order valence-corrected chi connectivity index (χ4v) is 7.72. The van der Waals surface area contributed by atoms with E-state index < -0.39 is 6.10 Å². The van der Waals surface area contributed by atoms with Crippen LogP contribution < -0.4 is 0 Å². The van der Waals surface area contributed by atoms with Crippen LogP contribution in [0.15, 0.2) is 170 Å². The van der Waals surface area contributed by atoms with Crippen molar-refractivity contribution in [2.24, 2.45) is 0 Å².